The molecule has 0 aromatic carbocycles. The average Bonchev–Trinajstić information content (AvgIpc) is 2.43. The van der Waals surface area contributed by atoms with Gasteiger partial charge < -0.3 is 15.2 Å². The van der Waals surface area contributed by atoms with Crippen LogP contribution in [-0.2, 0) is 9.47 Å². The van der Waals surface area contributed by atoms with Crippen LogP contribution in [-0.4, -0.2) is 37.1 Å². The number of hydrogen-bond donors (Lipinski definition) is 1. The number of ether oxygens (including phenoxy) is 2. The van der Waals surface area contributed by atoms with Gasteiger partial charge in [-0.25, -0.2) is 4.39 Å². The summed E-state index contributed by atoms with van der Waals surface area (Å²) in [6.45, 7) is 2.23. The molecule has 3 fully saturated rings. The van der Waals surface area contributed by atoms with Gasteiger partial charge in [0.1, 0.15) is 5.67 Å². The summed E-state index contributed by atoms with van der Waals surface area (Å²) in [4.78, 5) is 0. The predicted molar refractivity (Wildman–Crippen MR) is 71.7 cm³/mol. The summed E-state index contributed by atoms with van der Waals surface area (Å²) < 4.78 is 26.7. The van der Waals surface area contributed by atoms with Crippen molar-refractivity contribution in [1.82, 2.24) is 0 Å². The lowest BCUT2D eigenvalue weighted by Crippen LogP contribution is -2.51. The van der Waals surface area contributed by atoms with Crippen molar-refractivity contribution in [2.75, 3.05) is 19.8 Å². The van der Waals surface area contributed by atoms with E-state index < -0.39 is 5.67 Å². The van der Waals surface area contributed by atoms with Gasteiger partial charge in [0.2, 0.25) is 0 Å². The van der Waals surface area contributed by atoms with Crippen molar-refractivity contribution >= 4 is 0 Å². The van der Waals surface area contributed by atoms with Gasteiger partial charge in [0.05, 0.1) is 5.60 Å². The Kier molecular flexibility index (Phi) is 3.84. The number of rotatable bonds is 1. The largest absolute Gasteiger partial charge is 0.381 e. The highest BCUT2D eigenvalue weighted by Crippen LogP contribution is 2.47. The molecule has 1 unspecified atom stereocenters. The zero-order chi connectivity index (χ0) is 13.3. The highest BCUT2D eigenvalue weighted by atomic mass is 19.1. The van der Waals surface area contributed by atoms with E-state index in [4.69, 9.17) is 15.2 Å². The van der Waals surface area contributed by atoms with Gasteiger partial charge in [-0.1, -0.05) is 0 Å². The minimum atomic E-state index is -0.995. The first-order valence-corrected chi connectivity index (χ1v) is 7.78. The summed E-state index contributed by atoms with van der Waals surface area (Å²) in [5.41, 5.74) is 4.82. The third kappa shape index (κ3) is 2.81. The quantitative estimate of drug-likeness (QED) is 0.797. The normalized spacial score (nSPS) is 43.3. The number of nitrogens with two attached hydrogens (primary N) is 1. The summed E-state index contributed by atoms with van der Waals surface area (Å²) in [5.74, 6) is 0.159. The number of hydrogen-bond acceptors (Lipinski definition) is 3. The zero-order valence-electron chi connectivity index (χ0n) is 11.7. The Morgan fingerprint density at radius 1 is 0.947 bits per heavy atom. The average molecular weight is 271 g/mol. The van der Waals surface area contributed by atoms with Gasteiger partial charge in [0.25, 0.3) is 0 Å². The summed E-state index contributed by atoms with van der Waals surface area (Å²) in [7, 11) is 0. The SMILES string of the molecule is NC1CCC(F)(C2CCOC3(CCOCC3)C2)CC1. The van der Waals surface area contributed by atoms with Crippen LogP contribution in [0.2, 0.25) is 0 Å². The van der Waals surface area contributed by atoms with Crippen LogP contribution in [0.15, 0.2) is 0 Å². The standard InChI is InChI=1S/C15H26FNO2/c16-15(4-1-13(17)2-5-15)12-3-8-19-14(11-12)6-9-18-10-7-14/h12-13H,1-11,17H2. The lowest BCUT2D eigenvalue weighted by Gasteiger charge is -2.48. The molecule has 19 heavy (non-hydrogen) atoms. The highest BCUT2D eigenvalue weighted by molar-refractivity contribution is 4.99. The van der Waals surface area contributed by atoms with E-state index in [1.165, 1.54) is 0 Å². The first-order chi connectivity index (χ1) is 9.12. The molecule has 3 aliphatic rings. The minimum Gasteiger partial charge on any atom is -0.381 e. The minimum absolute atomic E-state index is 0.0974. The Hall–Kier alpha value is -0.190. The topological polar surface area (TPSA) is 44.5 Å². The Bertz CT molecular complexity index is 304. The molecule has 2 N–H and O–H groups in total. The maximum absolute atomic E-state index is 15.2. The highest BCUT2D eigenvalue weighted by Gasteiger charge is 2.48. The summed E-state index contributed by atoms with van der Waals surface area (Å²) in [5, 5.41) is 0. The third-order valence-corrected chi connectivity index (χ3v) is 5.49. The molecule has 0 bridgehead atoms. The summed E-state index contributed by atoms with van der Waals surface area (Å²) in [6, 6.07) is 0.209. The fourth-order valence-electron chi connectivity index (χ4n) is 4.09. The van der Waals surface area contributed by atoms with Crippen LogP contribution in [0.4, 0.5) is 4.39 Å². The lowest BCUT2D eigenvalue weighted by atomic mass is 9.68. The number of alkyl halides is 1. The molecule has 1 aliphatic carbocycles. The monoisotopic (exact) mass is 271 g/mol. The van der Waals surface area contributed by atoms with Gasteiger partial charge in [0, 0.05) is 25.9 Å². The third-order valence-electron chi connectivity index (χ3n) is 5.49. The number of halogens is 1. The first-order valence-electron chi connectivity index (χ1n) is 7.78. The Morgan fingerprint density at radius 3 is 2.32 bits per heavy atom. The van der Waals surface area contributed by atoms with Crippen molar-refractivity contribution in [3.8, 4) is 0 Å². The Balaban J connectivity index is 1.67. The molecule has 110 valence electrons. The van der Waals surface area contributed by atoms with Crippen molar-refractivity contribution in [1.29, 1.82) is 0 Å². The molecule has 2 aliphatic heterocycles. The zero-order valence-corrected chi connectivity index (χ0v) is 11.7. The van der Waals surface area contributed by atoms with E-state index in [0.29, 0.717) is 19.4 Å². The van der Waals surface area contributed by atoms with E-state index >= 15 is 4.39 Å². The molecule has 2 heterocycles. The van der Waals surface area contributed by atoms with Crippen LogP contribution in [0, 0.1) is 5.92 Å². The fourth-order valence-corrected chi connectivity index (χ4v) is 4.09. The van der Waals surface area contributed by atoms with E-state index in [1.807, 2.05) is 0 Å². The molecule has 1 saturated carbocycles. The second-order valence-corrected chi connectivity index (χ2v) is 6.71. The molecule has 3 nitrogen and oxygen atoms in total. The van der Waals surface area contributed by atoms with Crippen LogP contribution < -0.4 is 5.73 Å². The van der Waals surface area contributed by atoms with Crippen molar-refractivity contribution in [3.63, 3.8) is 0 Å². The van der Waals surface area contributed by atoms with Crippen LogP contribution in [0.3, 0.4) is 0 Å². The second kappa shape index (κ2) is 5.30. The molecule has 0 amide bonds. The predicted octanol–water partition coefficient (Wildman–Crippen LogP) is 2.57. The smallest absolute Gasteiger partial charge is 0.114 e. The molecular formula is C15H26FNO2. The van der Waals surface area contributed by atoms with E-state index in [-0.39, 0.29) is 17.6 Å². The second-order valence-electron chi connectivity index (χ2n) is 6.71. The van der Waals surface area contributed by atoms with Crippen molar-refractivity contribution in [2.24, 2.45) is 11.7 Å². The molecule has 0 aromatic rings. The van der Waals surface area contributed by atoms with Crippen LogP contribution in [0.5, 0.6) is 0 Å². The van der Waals surface area contributed by atoms with Gasteiger partial charge in [0.15, 0.2) is 0 Å². The lowest BCUT2D eigenvalue weighted by molar-refractivity contribution is -0.167. The molecule has 2 saturated heterocycles. The van der Waals surface area contributed by atoms with E-state index in [9.17, 15) is 0 Å². The van der Waals surface area contributed by atoms with Crippen molar-refractivity contribution < 1.29 is 13.9 Å². The van der Waals surface area contributed by atoms with Crippen molar-refractivity contribution in [3.05, 3.63) is 0 Å². The maximum Gasteiger partial charge on any atom is 0.114 e. The molecule has 1 spiro atoms. The van der Waals surface area contributed by atoms with Gasteiger partial charge >= 0.3 is 0 Å². The molecule has 4 heteroatoms. The molecular weight excluding hydrogens is 245 g/mol. The van der Waals surface area contributed by atoms with Gasteiger partial charge in [-0.05, 0) is 57.3 Å². The molecule has 1 atom stereocenters. The van der Waals surface area contributed by atoms with E-state index in [2.05, 4.69) is 0 Å². The Labute approximate surface area is 115 Å². The molecule has 3 rings (SSSR count). The van der Waals surface area contributed by atoms with E-state index in [1.54, 1.807) is 0 Å². The Morgan fingerprint density at radius 2 is 1.63 bits per heavy atom. The van der Waals surface area contributed by atoms with Gasteiger partial charge in [-0.3, -0.25) is 0 Å². The van der Waals surface area contributed by atoms with E-state index in [0.717, 1.165) is 51.7 Å². The molecule has 0 radical (unpaired) electrons. The summed E-state index contributed by atoms with van der Waals surface area (Å²) in [6.07, 6.45) is 6.57. The fraction of sp³-hybridized carbons (Fsp3) is 1.00. The van der Waals surface area contributed by atoms with Crippen molar-refractivity contribution in [2.45, 2.75) is 68.7 Å². The molecule has 0 aromatic heterocycles. The first kappa shape index (κ1) is 13.8. The van der Waals surface area contributed by atoms with Crippen LogP contribution in [0.1, 0.15) is 51.4 Å². The maximum atomic E-state index is 15.2. The van der Waals surface area contributed by atoms with Crippen LogP contribution >= 0.6 is 0 Å². The summed E-state index contributed by atoms with van der Waals surface area (Å²) >= 11 is 0. The van der Waals surface area contributed by atoms with Gasteiger partial charge in [-0.2, -0.15) is 0 Å². The van der Waals surface area contributed by atoms with Crippen LogP contribution in [0.25, 0.3) is 0 Å². The van der Waals surface area contributed by atoms with Gasteiger partial charge in [-0.15, -0.1) is 0 Å².